The summed E-state index contributed by atoms with van der Waals surface area (Å²) in [5.74, 6) is -0.683. The van der Waals surface area contributed by atoms with Gasteiger partial charge in [-0.25, -0.2) is 0 Å². The van der Waals surface area contributed by atoms with Gasteiger partial charge < -0.3 is 9.84 Å². The van der Waals surface area contributed by atoms with Crippen LogP contribution in [0.5, 0.6) is 0 Å². The molecule has 4 nitrogen and oxygen atoms in total. The maximum absolute atomic E-state index is 10.9. The molecule has 0 aromatic heterocycles. The molecular weight excluding hydrogens is 194 g/mol. The molecule has 4 heteroatoms. The summed E-state index contributed by atoms with van der Waals surface area (Å²) in [6.07, 6.45) is 2.98. The standard InChI is InChI=1S/C11H21NO3/c1-9(2)15-8-4-7-12-6-3-5-10(12)11(13)14/h9-10H,3-8H2,1-2H3,(H,13,14)/t10-/m0/s1. The third kappa shape index (κ3) is 4.18. The first-order chi connectivity index (χ1) is 7.11. The molecule has 1 saturated heterocycles. The molecule has 0 spiro atoms. The van der Waals surface area contributed by atoms with Crippen molar-refractivity contribution >= 4 is 5.97 Å². The first kappa shape index (κ1) is 12.5. The summed E-state index contributed by atoms with van der Waals surface area (Å²) in [6, 6.07) is -0.260. The molecule has 0 aromatic carbocycles. The van der Waals surface area contributed by atoms with Crippen molar-refractivity contribution in [2.45, 2.75) is 45.3 Å². The molecule has 0 bridgehead atoms. The Balaban J connectivity index is 2.17. The van der Waals surface area contributed by atoms with Crippen LogP contribution in [0.4, 0.5) is 0 Å². The van der Waals surface area contributed by atoms with Crippen molar-refractivity contribution < 1.29 is 14.6 Å². The number of likely N-dealkylation sites (tertiary alicyclic amines) is 1. The highest BCUT2D eigenvalue weighted by molar-refractivity contribution is 5.73. The summed E-state index contributed by atoms with van der Waals surface area (Å²) >= 11 is 0. The molecule has 1 heterocycles. The molecule has 0 amide bonds. The number of rotatable bonds is 6. The van der Waals surface area contributed by atoms with Crippen LogP contribution < -0.4 is 0 Å². The van der Waals surface area contributed by atoms with Crippen LogP contribution in [0.3, 0.4) is 0 Å². The fourth-order valence-electron chi connectivity index (χ4n) is 1.96. The predicted molar refractivity (Wildman–Crippen MR) is 57.9 cm³/mol. The number of nitrogens with zero attached hydrogens (tertiary/aromatic N) is 1. The van der Waals surface area contributed by atoms with Gasteiger partial charge in [0.2, 0.25) is 0 Å². The van der Waals surface area contributed by atoms with Crippen molar-refractivity contribution in [3.8, 4) is 0 Å². The normalized spacial score (nSPS) is 22.5. The highest BCUT2D eigenvalue weighted by Gasteiger charge is 2.29. The van der Waals surface area contributed by atoms with E-state index in [1.165, 1.54) is 0 Å². The molecule has 0 unspecified atom stereocenters. The maximum Gasteiger partial charge on any atom is 0.320 e. The molecule has 1 fully saturated rings. The van der Waals surface area contributed by atoms with Gasteiger partial charge in [0.15, 0.2) is 0 Å². The van der Waals surface area contributed by atoms with Crippen LogP contribution in [0.1, 0.15) is 33.1 Å². The van der Waals surface area contributed by atoms with E-state index in [2.05, 4.69) is 0 Å². The van der Waals surface area contributed by atoms with E-state index in [0.717, 1.165) is 39.0 Å². The van der Waals surface area contributed by atoms with E-state index in [1.54, 1.807) is 0 Å². The largest absolute Gasteiger partial charge is 0.480 e. The lowest BCUT2D eigenvalue weighted by molar-refractivity contribution is -0.142. The smallest absolute Gasteiger partial charge is 0.320 e. The van der Waals surface area contributed by atoms with Gasteiger partial charge in [0, 0.05) is 13.2 Å². The Labute approximate surface area is 91.2 Å². The van der Waals surface area contributed by atoms with Crippen LogP contribution in [-0.2, 0) is 9.53 Å². The van der Waals surface area contributed by atoms with Gasteiger partial charge in [-0.1, -0.05) is 0 Å². The van der Waals surface area contributed by atoms with Gasteiger partial charge in [-0.2, -0.15) is 0 Å². The lowest BCUT2D eigenvalue weighted by Gasteiger charge is -2.20. The highest BCUT2D eigenvalue weighted by atomic mass is 16.5. The molecule has 0 aliphatic carbocycles. The molecule has 1 aliphatic heterocycles. The van der Waals surface area contributed by atoms with E-state index < -0.39 is 5.97 Å². The Morgan fingerprint density at radius 3 is 2.93 bits per heavy atom. The van der Waals surface area contributed by atoms with Crippen molar-refractivity contribution in [2.75, 3.05) is 19.7 Å². The number of carboxylic acid groups (broad SMARTS) is 1. The Kier molecular flexibility index (Phi) is 5.05. The molecule has 0 radical (unpaired) electrons. The fraction of sp³-hybridized carbons (Fsp3) is 0.909. The van der Waals surface area contributed by atoms with Crippen LogP contribution in [0.2, 0.25) is 0 Å². The van der Waals surface area contributed by atoms with E-state index in [1.807, 2.05) is 18.7 Å². The Morgan fingerprint density at radius 2 is 2.33 bits per heavy atom. The summed E-state index contributed by atoms with van der Waals surface area (Å²) in [6.45, 7) is 6.49. The van der Waals surface area contributed by atoms with Crippen LogP contribution in [0.25, 0.3) is 0 Å². The first-order valence-corrected chi connectivity index (χ1v) is 5.69. The summed E-state index contributed by atoms with van der Waals surface area (Å²) in [5.41, 5.74) is 0. The number of hydrogen-bond donors (Lipinski definition) is 1. The predicted octanol–water partition coefficient (Wildman–Crippen LogP) is 1.35. The third-order valence-electron chi connectivity index (χ3n) is 2.69. The molecule has 1 aliphatic rings. The molecule has 15 heavy (non-hydrogen) atoms. The topological polar surface area (TPSA) is 49.8 Å². The van der Waals surface area contributed by atoms with Crippen LogP contribution in [0, 0.1) is 0 Å². The van der Waals surface area contributed by atoms with Crippen molar-refractivity contribution in [1.29, 1.82) is 0 Å². The van der Waals surface area contributed by atoms with Crippen LogP contribution in [0.15, 0.2) is 0 Å². The van der Waals surface area contributed by atoms with Gasteiger partial charge in [0.25, 0.3) is 0 Å². The van der Waals surface area contributed by atoms with E-state index in [9.17, 15) is 4.79 Å². The second kappa shape index (κ2) is 6.08. The van der Waals surface area contributed by atoms with E-state index in [4.69, 9.17) is 9.84 Å². The zero-order valence-corrected chi connectivity index (χ0v) is 9.61. The Bertz CT molecular complexity index is 206. The Morgan fingerprint density at radius 1 is 1.60 bits per heavy atom. The summed E-state index contributed by atoms with van der Waals surface area (Å²) < 4.78 is 5.42. The summed E-state index contributed by atoms with van der Waals surface area (Å²) in [5, 5.41) is 8.96. The van der Waals surface area contributed by atoms with E-state index in [-0.39, 0.29) is 12.1 Å². The SMILES string of the molecule is CC(C)OCCCN1CCC[C@H]1C(=O)O. The summed E-state index contributed by atoms with van der Waals surface area (Å²) in [7, 11) is 0. The van der Waals surface area contributed by atoms with E-state index >= 15 is 0 Å². The monoisotopic (exact) mass is 215 g/mol. The maximum atomic E-state index is 10.9. The van der Waals surface area contributed by atoms with Crippen molar-refractivity contribution in [1.82, 2.24) is 4.90 Å². The molecule has 1 rings (SSSR count). The molecule has 0 saturated carbocycles. The zero-order valence-electron chi connectivity index (χ0n) is 9.61. The van der Waals surface area contributed by atoms with Crippen molar-refractivity contribution in [2.24, 2.45) is 0 Å². The van der Waals surface area contributed by atoms with Gasteiger partial charge >= 0.3 is 5.97 Å². The zero-order chi connectivity index (χ0) is 11.3. The molecule has 1 N–H and O–H groups in total. The summed E-state index contributed by atoms with van der Waals surface area (Å²) in [4.78, 5) is 12.9. The van der Waals surface area contributed by atoms with Crippen molar-refractivity contribution in [3.05, 3.63) is 0 Å². The minimum Gasteiger partial charge on any atom is -0.480 e. The van der Waals surface area contributed by atoms with Gasteiger partial charge in [-0.15, -0.1) is 0 Å². The molecule has 1 atom stereocenters. The lowest BCUT2D eigenvalue weighted by Crippen LogP contribution is -2.36. The third-order valence-corrected chi connectivity index (χ3v) is 2.69. The van der Waals surface area contributed by atoms with Gasteiger partial charge in [-0.05, 0) is 39.7 Å². The molecular formula is C11H21NO3. The van der Waals surface area contributed by atoms with E-state index in [0.29, 0.717) is 0 Å². The molecule has 0 aromatic rings. The quantitative estimate of drug-likeness (QED) is 0.679. The van der Waals surface area contributed by atoms with Crippen molar-refractivity contribution in [3.63, 3.8) is 0 Å². The number of ether oxygens (including phenoxy) is 1. The Hall–Kier alpha value is -0.610. The van der Waals surface area contributed by atoms with Crippen LogP contribution >= 0.6 is 0 Å². The fourth-order valence-corrected chi connectivity index (χ4v) is 1.96. The lowest BCUT2D eigenvalue weighted by atomic mass is 10.2. The average Bonchev–Trinajstić information content (AvgIpc) is 2.60. The van der Waals surface area contributed by atoms with Gasteiger partial charge in [0.1, 0.15) is 6.04 Å². The van der Waals surface area contributed by atoms with Crippen LogP contribution in [-0.4, -0.2) is 47.8 Å². The second-order valence-electron chi connectivity index (χ2n) is 4.31. The molecule has 88 valence electrons. The number of aliphatic carboxylic acids is 1. The minimum absolute atomic E-state index is 0.260. The minimum atomic E-state index is -0.683. The van der Waals surface area contributed by atoms with Gasteiger partial charge in [-0.3, -0.25) is 9.69 Å². The number of carboxylic acids is 1. The number of hydrogen-bond acceptors (Lipinski definition) is 3. The highest BCUT2D eigenvalue weighted by Crippen LogP contribution is 2.17. The van der Waals surface area contributed by atoms with Gasteiger partial charge in [0.05, 0.1) is 6.10 Å². The number of carbonyl (C=O) groups is 1. The first-order valence-electron chi connectivity index (χ1n) is 5.69. The second-order valence-corrected chi connectivity index (χ2v) is 4.31. The average molecular weight is 215 g/mol.